The predicted octanol–water partition coefficient (Wildman–Crippen LogP) is 1.36. The molecule has 2 rings (SSSR count). The van der Waals surface area contributed by atoms with Crippen molar-refractivity contribution in [1.29, 1.82) is 0 Å². The Labute approximate surface area is 72.3 Å². The number of ether oxygens (including phenoxy) is 1. The fourth-order valence-electron chi connectivity index (χ4n) is 1.86. The molecule has 0 spiro atoms. The highest BCUT2D eigenvalue weighted by Crippen LogP contribution is 2.27. The molecule has 0 saturated carbocycles. The van der Waals surface area contributed by atoms with Crippen molar-refractivity contribution in [2.75, 3.05) is 6.61 Å². The minimum atomic E-state index is 0.502. The topological polar surface area (TPSA) is 27.1 Å². The van der Waals surface area contributed by atoms with Gasteiger partial charge in [0.05, 0.1) is 18.9 Å². The maximum Gasteiger partial charge on any atom is 0.0919 e. The van der Waals surface area contributed by atoms with Crippen LogP contribution in [0.1, 0.15) is 29.8 Å². The van der Waals surface area contributed by atoms with Crippen LogP contribution >= 0.6 is 0 Å². The van der Waals surface area contributed by atoms with E-state index in [4.69, 9.17) is 4.74 Å². The van der Waals surface area contributed by atoms with E-state index in [1.54, 1.807) is 0 Å². The summed E-state index contributed by atoms with van der Waals surface area (Å²) in [6.07, 6.45) is 0. The van der Waals surface area contributed by atoms with Crippen LogP contribution in [-0.2, 0) is 18.4 Å². The van der Waals surface area contributed by atoms with Gasteiger partial charge in [0, 0.05) is 24.2 Å². The van der Waals surface area contributed by atoms with Crippen LogP contribution in [0, 0.1) is 6.92 Å². The van der Waals surface area contributed by atoms with Gasteiger partial charge in [0.25, 0.3) is 0 Å². The zero-order chi connectivity index (χ0) is 8.72. The first-order valence-electron chi connectivity index (χ1n) is 4.30. The summed E-state index contributed by atoms with van der Waals surface area (Å²) < 4.78 is 7.34. The standard InChI is InChI=1S/C9H14N2O/c1-6-4-12-5-8-9(6)7(2)11(3)10-8/h6H,4-5H2,1-3H3. The van der Waals surface area contributed by atoms with E-state index in [9.17, 15) is 0 Å². The van der Waals surface area contributed by atoms with Gasteiger partial charge in [0.15, 0.2) is 0 Å². The average Bonchev–Trinajstić information content (AvgIpc) is 2.29. The molecule has 3 nitrogen and oxygen atoms in total. The summed E-state index contributed by atoms with van der Waals surface area (Å²) in [5.41, 5.74) is 3.79. The van der Waals surface area contributed by atoms with E-state index in [1.807, 2.05) is 11.7 Å². The molecule has 0 saturated heterocycles. The molecule has 1 aliphatic heterocycles. The van der Waals surface area contributed by atoms with Gasteiger partial charge in [-0.15, -0.1) is 0 Å². The van der Waals surface area contributed by atoms with E-state index < -0.39 is 0 Å². The Morgan fingerprint density at radius 1 is 1.58 bits per heavy atom. The maximum absolute atomic E-state index is 5.40. The van der Waals surface area contributed by atoms with E-state index in [0.29, 0.717) is 12.5 Å². The van der Waals surface area contributed by atoms with Gasteiger partial charge < -0.3 is 4.74 Å². The van der Waals surface area contributed by atoms with Crippen LogP contribution in [0.25, 0.3) is 0 Å². The molecule has 0 aromatic carbocycles. The van der Waals surface area contributed by atoms with Crippen molar-refractivity contribution in [2.24, 2.45) is 7.05 Å². The Bertz CT molecular complexity index is 304. The third-order valence-electron chi connectivity index (χ3n) is 2.56. The van der Waals surface area contributed by atoms with Crippen LogP contribution in [0.3, 0.4) is 0 Å². The monoisotopic (exact) mass is 166 g/mol. The fraction of sp³-hybridized carbons (Fsp3) is 0.667. The first-order valence-corrected chi connectivity index (χ1v) is 4.30. The summed E-state index contributed by atoms with van der Waals surface area (Å²) in [5, 5.41) is 4.39. The van der Waals surface area contributed by atoms with E-state index in [0.717, 1.165) is 12.3 Å². The van der Waals surface area contributed by atoms with Gasteiger partial charge in [-0.1, -0.05) is 6.92 Å². The Morgan fingerprint density at radius 2 is 2.33 bits per heavy atom. The fourth-order valence-corrected chi connectivity index (χ4v) is 1.86. The normalized spacial score (nSPS) is 22.4. The molecular formula is C9H14N2O. The molecule has 0 fully saturated rings. The van der Waals surface area contributed by atoms with Crippen molar-refractivity contribution in [3.63, 3.8) is 0 Å². The molecule has 0 N–H and O–H groups in total. The molecule has 1 unspecified atom stereocenters. The van der Waals surface area contributed by atoms with Crippen LogP contribution < -0.4 is 0 Å². The molecule has 2 heterocycles. The summed E-state index contributed by atoms with van der Waals surface area (Å²) in [5.74, 6) is 0.502. The zero-order valence-corrected chi connectivity index (χ0v) is 7.79. The second-order valence-electron chi connectivity index (χ2n) is 3.49. The molecule has 0 aliphatic carbocycles. The molecule has 3 heteroatoms. The lowest BCUT2D eigenvalue weighted by Crippen LogP contribution is -2.13. The molecule has 0 bridgehead atoms. The van der Waals surface area contributed by atoms with Gasteiger partial charge in [-0.3, -0.25) is 4.68 Å². The third kappa shape index (κ3) is 0.966. The molecule has 1 aromatic heterocycles. The SMILES string of the molecule is Cc1c2c(nn1C)COCC2C. The van der Waals surface area contributed by atoms with Crippen molar-refractivity contribution in [3.05, 3.63) is 17.0 Å². The van der Waals surface area contributed by atoms with Gasteiger partial charge in [-0.05, 0) is 6.92 Å². The second-order valence-corrected chi connectivity index (χ2v) is 3.49. The molecule has 0 amide bonds. The van der Waals surface area contributed by atoms with Crippen LogP contribution in [-0.4, -0.2) is 16.4 Å². The second kappa shape index (κ2) is 2.59. The van der Waals surface area contributed by atoms with Crippen molar-refractivity contribution in [3.8, 4) is 0 Å². The van der Waals surface area contributed by atoms with E-state index in [2.05, 4.69) is 18.9 Å². The predicted molar refractivity (Wildman–Crippen MR) is 46.0 cm³/mol. The van der Waals surface area contributed by atoms with Crippen LogP contribution in [0.2, 0.25) is 0 Å². The average molecular weight is 166 g/mol. The zero-order valence-electron chi connectivity index (χ0n) is 7.79. The lowest BCUT2D eigenvalue weighted by molar-refractivity contribution is 0.0924. The lowest BCUT2D eigenvalue weighted by atomic mass is 9.98. The molecule has 1 atom stereocenters. The number of rotatable bonds is 0. The highest BCUT2D eigenvalue weighted by atomic mass is 16.5. The smallest absolute Gasteiger partial charge is 0.0919 e. The van der Waals surface area contributed by atoms with Crippen molar-refractivity contribution < 1.29 is 4.74 Å². The Hall–Kier alpha value is -0.830. The minimum Gasteiger partial charge on any atom is -0.374 e. The van der Waals surface area contributed by atoms with Crippen LogP contribution in [0.5, 0.6) is 0 Å². The first-order chi connectivity index (χ1) is 5.70. The summed E-state index contributed by atoms with van der Waals surface area (Å²) >= 11 is 0. The Kier molecular flexibility index (Phi) is 1.68. The Balaban J connectivity index is 2.54. The highest BCUT2D eigenvalue weighted by molar-refractivity contribution is 5.30. The van der Waals surface area contributed by atoms with Crippen molar-refractivity contribution in [1.82, 2.24) is 9.78 Å². The summed E-state index contributed by atoms with van der Waals surface area (Å²) in [4.78, 5) is 0. The van der Waals surface area contributed by atoms with Crippen LogP contribution in [0.4, 0.5) is 0 Å². The number of hydrogen-bond acceptors (Lipinski definition) is 2. The van der Waals surface area contributed by atoms with Gasteiger partial charge in [-0.25, -0.2) is 0 Å². The van der Waals surface area contributed by atoms with Crippen molar-refractivity contribution in [2.45, 2.75) is 26.4 Å². The molecule has 1 aliphatic rings. The van der Waals surface area contributed by atoms with Crippen LogP contribution in [0.15, 0.2) is 0 Å². The minimum absolute atomic E-state index is 0.502. The lowest BCUT2D eigenvalue weighted by Gasteiger charge is -2.18. The van der Waals surface area contributed by atoms with E-state index >= 15 is 0 Å². The molecule has 1 aromatic rings. The number of nitrogens with zero attached hydrogens (tertiary/aromatic N) is 2. The van der Waals surface area contributed by atoms with E-state index in [1.165, 1.54) is 11.3 Å². The Morgan fingerprint density at radius 3 is 3.00 bits per heavy atom. The van der Waals surface area contributed by atoms with Gasteiger partial charge >= 0.3 is 0 Å². The molecule has 66 valence electrons. The molecule has 12 heavy (non-hydrogen) atoms. The number of aryl methyl sites for hydroxylation is 1. The number of aromatic nitrogens is 2. The van der Waals surface area contributed by atoms with E-state index in [-0.39, 0.29) is 0 Å². The number of fused-ring (bicyclic) bond motifs is 1. The van der Waals surface area contributed by atoms with Gasteiger partial charge in [0.2, 0.25) is 0 Å². The third-order valence-corrected chi connectivity index (χ3v) is 2.56. The van der Waals surface area contributed by atoms with Gasteiger partial charge in [0.1, 0.15) is 0 Å². The largest absolute Gasteiger partial charge is 0.374 e. The molecular weight excluding hydrogens is 152 g/mol. The summed E-state index contributed by atoms with van der Waals surface area (Å²) in [6, 6.07) is 0. The summed E-state index contributed by atoms with van der Waals surface area (Å²) in [7, 11) is 1.99. The van der Waals surface area contributed by atoms with Crippen molar-refractivity contribution >= 4 is 0 Å². The van der Waals surface area contributed by atoms with Gasteiger partial charge in [-0.2, -0.15) is 5.10 Å². The highest BCUT2D eigenvalue weighted by Gasteiger charge is 2.22. The quantitative estimate of drug-likeness (QED) is 0.582. The number of hydrogen-bond donors (Lipinski definition) is 0. The maximum atomic E-state index is 5.40. The summed E-state index contributed by atoms with van der Waals surface area (Å²) in [6.45, 7) is 5.82. The molecule has 0 radical (unpaired) electrons. The first kappa shape index (κ1) is 7.80.